The third kappa shape index (κ3) is 6.69. The standard InChI is InChI=1S/C25H26N2O4S2/c1-4-17-6-10-19(11-7-17)26-22(28)16-27-23(15-24(29)31-5-2)33-21(25(27)30)14-18-8-12-20(32-3)13-9-18/h6-15H,4-5,16H2,1-3H3,(H,26,28)/b21-14+,23-15-. The van der Waals surface area contributed by atoms with Gasteiger partial charge in [-0.1, -0.05) is 31.2 Å². The highest BCUT2D eigenvalue weighted by Gasteiger charge is 2.11. The van der Waals surface area contributed by atoms with E-state index >= 15 is 0 Å². The van der Waals surface area contributed by atoms with Crippen molar-refractivity contribution in [2.45, 2.75) is 31.7 Å². The number of anilines is 1. The molecule has 0 aliphatic rings. The fraction of sp³-hybridized carbons (Fsp3) is 0.240. The number of nitrogens with one attached hydrogen (secondary N) is 1. The van der Waals surface area contributed by atoms with E-state index in [1.807, 2.05) is 54.8 Å². The maximum absolute atomic E-state index is 13.1. The van der Waals surface area contributed by atoms with Crippen molar-refractivity contribution in [1.82, 2.24) is 4.57 Å². The molecule has 0 radical (unpaired) electrons. The molecule has 6 nitrogen and oxygen atoms in total. The van der Waals surface area contributed by atoms with Crippen LogP contribution in [0.15, 0.2) is 58.2 Å². The topological polar surface area (TPSA) is 77.4 Å². The van der Waals surface area contributed by atoms with Crippen molar-refractivity contribution in [2.75, 3.05) is 18.2 Å². The van der Waals surface area contributed by atoms with Crippen LogP contribution in [0.25, 0.3) is 12.2 Å². The summed E-state index contributed by atoms with van der Waals surface area (Å²) >= 11 is 2.79. The Morgan fingerprint density at radius 2 is 1.79 bits per heavy atom. The lowest BCUT2D eigenvalue weighted by molar-refractivity contribution is -0.135. The molecule has 0 spiro atoms. The summed E-state index contributed by atoms with van der Waals surface area (Å²) < 4.78 is 7.10. The molecule has 1 aromatic heterocycles. The largest absolute Gasteiger partial charge is 0.463 e. The van der Waals surface area contributed by atoms with Crippen LogP contribution in [0.4, 0.5) is 5.69 Å². The average molecular weight is 483 g/mol. The molecule has 8 heteroatoms. The van der Waals surface area contributed by atoms with Crippen molar-refractivity contribution in [3.05, 3.63) is 79.2 Å². The first kappa shape index (κ1) is 24.5. The first-order valence-electron chi connectivity index (χ1n) is 10.6. The Balaban J connectivity index is 1.95. The van der Waals surface area contributed by atoms with Gasteiger partial charge < -0.3 is 10.1 Å². The number of thioether (sulfide) groups is 1. The van der Waals surface area contributed by atoms with Crippen LogP contribution in [-0.2, 0) is 27.3 Å². The number of carbonyl (C=O) groups is 2. The summed E-state index contributed by atoms with van der Waals surface area (Å²) in [4.78, 5) is 39.0. The number of amides is 1. The Bertz CT molecular complexity index is 1290. The summed E-state index contributed by atoms with van der Waals surface area (Å²) in [6, 6.07) is 15.4. The van der Waals surface area contributed by atoms with E-state index in [4.69, 9.17) is 4.74 Å². The summed E-state index contributed by atoms with van der Waals surface area (Å²) in [6.45, 7) is 3.78. The van der Waals surface area contributed by atoms with E-state index in [9.17, 15) is 14.4 Å². The highest BCUT2D eigenvalue weighted by molar-refractivity contribution is 7.98. The van der Waals surface area contributed by atoms with Crippen molar-refractivity contribution in [3.63, 3.8) is 0 Å². The maximum Gasteiger partial charge on any atom is 0.333 e. The molecule has 0 fully saturated rings. The SMILES string of the molecule is CCOC(=O)/C=c1\s/c(=C/c2ccc(SC)cc2)c(=O)n1CC(=O)Nc1ccc(CC)cc1. The predicted molar refractivity (Wildman–Crippen MR) is 135 cm³/mol. The van der Waals surface area contributed by atoms with Gasteiger partial charge in [0.1, 0.15) is 11.2 Å². The van der Waals surface area contributed by atoms with Crippen molar-refractivity contribution in [2.24, 2.45) is 0 Å². The van der Waals surface area contributed by atoms with Crippen LogP contribution in [0, 0.1) is 0 Å². The Labute approximate surface area is 200 Å². The number of hydrogen-bond acceptors (Lipinski definition) is 6. The first-order chi connectivity index (χ1) is 15.9. The fourth-order valence-electron chi connectivity index (χ4n) is 3.10. The van der Waals surface area contributed by atoms with Gasteiger partial charge in [-0.05, 0) is 61.1 Å². The van der Waals surface area contributed by atoms with E-state index in [1.54, 1.807) is 24.8 Å². The van der Waals surface area contributed by atoms with Crippen molar-refractivity contribution >= 4 is 52.8 Å². The van der Waals surface area contributed by atoms with E-state index in [0.717, 1.165) is 28.2 Å². The number of benzene rings is 2. The minimum atomic E-state index is -0.557. The minimum Gasteiger partial charge on any atom is -0.463 e. The zero-order valence-corrected chi connectivity index (χ0v) is 20.4. The van der Waals surface area contributed by atoms with Crippen LogP contribution in [0.2, 0.25) is 0 Å². The van der Waals surface area contributed by atoms with Gasteiger partial charge in [0.05, 0.1) is 17.2 Å². The first-order valence-corrected chi connectivity index (χ1v) is 12.6. The third-order valence-electron chi connectivity index (χ3n) is 4.83. The fourth-order valence-corrected chi connectivity index (χ4v) is 4.54. The van der Waals surface area contributed by atoms with Crippen LogP contribution in [0.1, 0.15) is 25.0 Å². The number of aryl methyl sites for hydroxylation is 1. The van der Waals surface area contributed by atoms with E-state index in [0.29, 0.717) is 14.9 Å². The number of nitrogens with zero attached hydrogens (tertiary/aromatic N) is 1. The molecule has 0 bridgehead atoms. The summed E-state index contributed by atoms with van der Waals surface area (Å²) in [7, 11) is 0. The van der Waals surface area contributed by atoms with E-state index < -0.39 is 5.97 Å². The molecule has 0 atom stereocenters. The van der Waals surface area contributed by atoms with Gasteiger partial charge in [-0.2, -0.15) is 0 Å². The zero-order valence-electron chi connectivity index (χ0n) is 18.8. The molecular formula is C25H26N2O4S2. The second-order valence-corrected chi connectivity index (χ2v) is 9.05. The molecule has 3 aromatic rings. The summed E-state index contributed by atoms with van der Waals surface area (Å²) in [6.07, 6.45) is 5.92. The van der Waals surface area contributed by atoms with E-state index in [2.05, 4.69) is 12.2 Å². The second kappa shape index (κ2) is 11.7. The van der Waals surface area contributed by atoms with E-state index in [-0.39, 0.29) is 24.6 Å². The van der Waals surface area contributed by atoms with Crippen molar-refractivity contribution in [3.8, 4) is 0 Å². The monoisotopic (exact) mass is 482 g/mol. The van der Waals surface area contributed by atoms with Crippen LogP contribution in [0.5, 0.6) is 0 Å². The van der Waals surface area contributed by atoms with Gasteiger partial charge in [0.15, 0.2) is 0 Å². The van der Waals surface area contributed by atoms with Crippen LogP contribution in [-0.4, -0.2) is 29.3 Å². The number of rotatable bonds is 8. The number of esters is 1. The van der Waals surface area contributed by atoms with Gasteiger partial charge in [0.2, 0.25) is 5.91 Å². The zero-order chi connectivity index (χ0) is 23.8. The highest BCUT2D eigenvalue weighted by Crippen LogP contribution is 2.15. The van der Waals surface area contributed by atoms with Gasteiger partial charge in [-0.3, -0.25) is 14.2 Å². The molecule has 0 saturated carbocycles. The van der Waals surface area contributed by atoms with Crippen molar-refractivity contribution < 1.29 is 14.3 Å². The van der Waals surface area contributed by atoms with Gasteiger partial charge in [-0.25, -0.2) is 4.79 Å². The predicted octanol–water partition coefficient (Wildman–Crippen LogP) is 3.01. The lowest BCUT2D eigenvalue weighted by Gasteiger charge is -2.06. The van der Waals surface area contributed by atoms with E-state index in [1.165, 1.54) is 16.2 Å². The number of ether oxygens (including phenoxy) is 1. The van der Waals surface area contributed by atoms with Crippen LogP contribution < -0.4 is 20.1 Å². The molecule has 0 unspecified atom stereocenters. The molecule has 33 heavy (non-hydrogen) atoms. The molecule has 0 aliphatic heterocycles. The molecule has 1 amide bonds. The normalized spacial score (nSPS) is 12.1. The minimum absolute atomic E-state index is 0.213. The second-order valence-electron chi connectivity index (χ2n) is 7.11. The highest BCUT2D eigenvalue weighted by atomic mass is 32.2. The Kier molecular flexibility index (Phi) is 8.68. The maximum atomic E-state index is 13.1. The third-order valence-corrected chi connectivity index (χ3v) is 6.63. The van der Waals surface area contributed by atoms with Gasteiger partial charge in [0.25, 0.3) is 5.56 Å². The van der Waals surface area contributed by atoms with Crippen molar-refractivity contribution in [1.29, 1.82) is 0 Å². The van der Waals surface area contributed by atoms with Gasteiger partial charge in [0, 0.05) is 10.6 Å². The Morgan fingerprint density at radius 3 is 2.39 bits per heavy atom. The lowest BCUT2D eigenvalue weighted by atomic mass is 10.1. The quantitative estimate of drug-likeness (QED) is 0.395. The van der Waals surface area contributed by atoms with Crippen LogP contribution in [0.3, 0.4) is 0 Å². The molecular weight excluding hydrogens is 456 g/mol. The van der Waals surface area contributed by atoms with Gasteiger partial charge >= 0.3 is 5.97 Å². The summed E-state index contributed by atoms with van der Waals surface area (Å²) in [5.41, 5.74) is 2.35. The average Bonchev–Trinajstić information content (AvgIpc) is 3.08. The number of carbonyl (C=O) groups excluding carboxylic acids is 2. The number of thiazole rings is 1. The van der Waals surface area contributed by atoms with Crippen LogP contribution >= 0.6 is 23.1 Å². The molecule has 172 valence electrons. The smallest absolute Gasteiger partial charge is 0.333 e. The Morgan fingerprint density at radius 1 is 1.09 bits per heavy atom. The Hall–Kier alpha value is -3.10. The summed E-state index contributed by atoms with van der Waals surface area (Å²) in [5, 5.41) is 2.81. The molecule has 0 saturated heterocycles. The molecule has 2 aromatic carbocycles. The summed E-state index contributed by atoms with van der Waals surface area (Å²) in [5.74, 6) is -0.910. The molecule has 0 aliphatic carbocycles. The molecule has 3 rings (SSSR count). The lowest BCUT2D eigenvalue weighted by Crippen LogP contribution is -2.36. The molecule has 1 heterocycles. The number of hydrogen-bond donors (Lipinski definition) is 1. The molecule has 1 N–H and O–H groups in total. The van der Waals surface area contributed by atoms with Gasteiger partial charge in [-0.15, -0.1) is 23.1 Å². The number of aromatic nitrogens is 1.